The van der Waals surface area contributed by atoms with Crippen molar-refractivity contribution in [3.8, 4) is 11.1 Å². The van der Waals surface area contributed by atoms with Gasteiger partial charge in [-0.15, -0.1) is 0 Å². The molecule has 0 saturated heterocycles. The van der Waals surface area contributed by atoms with Crippen molar-refractivity contribution >= 4 is 0 Å². The molecule has 2 aromatic rings. The second-order valence-electron chi connectivity index (χ2n) is 5.13. The highest BCUT2D eigenvalue weighted by Crippen LogP contribution is 2.48. The third kappa shape index (κ3) is 1.44. The molecule has 0 atom stereocenters. The van der Waals surface area contributed by atoms with Crippen molar-refractivity contribution in [1.82, 2.24) is 0 Å². The predicted molar refractivity (Wildman–Crippen MR) is 69.2 cm³/mol. The molecule has 3 rings (SSSR count). The van der Waals surface area contributed by atoms with Crippen LogP contribution in [0.5, 0.6) is 0 Å². The zero-order valence-electron chi connectivity index (χ0n) is 10.4. The van der Waals surface area contributed by atoms with Crippen LogP contribution in [0.3, 0.4) is 0 Å². The summed E-state index contributed by atoms with van der Waals surface area (Å²) < 4.78 is 0. The van der Waals surface area contributed by atoms with E-state index in [4.69, 9.17) is 11.6 Å². The Morgan fingerprint density at radius 3 is 1.65 bits per heavy atom. The van der Waals surface area contributed by atoms with Gasteiger partial charge < -0.3 is 0 Å². The minimum Gasteiger partial charge on any atom is -0.0587 e. The highest BCUT2D eigenvalue weighted by molar-refractivity contribution is 5.80. The summed E-state index contributed by atoms with van der Waals surface area (Å²) in [5, 5.41) is 0. The topological polar surface area (TPSA) is 0 Å². The van der Waals surface area contributed by atoms with Crippen molar-refractivity contribution in [1.29, 1.82) is 0 Å². The van der Waals surface area contributed by atoms with Crippen molar-refractivity contribution in [3.05, 3.63) is 58.7 Å². The summed E-state index contributed by atoms with van der Waals surface area (Å²) in [6.07, 6.45) is 0. The summed E-state index contributed by atoms with van der Waals surface area (Å²) in [5.41, 5.74) is 7.75. The average molecular weight is 244 g/mol. The van der Waals surface area contributed by atoms with Crippen LogP contribution in [0.2, 0.25) is 0 Å². The Morgan fingerprint density at radius 2 is 1.24 bits per heavy atom. The molecule has 0 aromatic heterocycles. The number of rotatable bonds is 0. The Kier molecular flexibility index (Phi) is 2.15. The molecule has 0 N–H and O–H groups in total. The smallest absolute Gasteiger partial charge is 0.0587 e. The van der Waals surface area contributed by atoms with E-state index in [1.807, 2.05) is 0 Å². The van der Waals surface area contributed by atoms with Crippen LogP contribution in [0.1, 0.15) is 29.2 Å². The molecule has 0 bridgehead atoms. The maximum absolute atomic E-state index is 5.84. The maximum atomic E-state index is 5.84. The van der Waals surface area contributed by atoms with Crippen LogP contribution in [0.25, 0.3) is 11.1 Å². The van der Waals surface area contributed by atoms with Crippen LogP contribution in [0.15, 0.2) is 36.4 Å². The molecule has 0 nitrogen and oxygen atoms in total. The van der Waals surface area contributed by atoms with Gasteiger partial charge in [-0.05, 0) is 37.1 Å². The number of hydrogen-bond acceptors (Lipinski definition) is 0. The van der Waals surface area contributed by atoms with Gasteiger partial charge in [0.2, 0.25) is 4.87 Å². The lowest BCUT2D eigenvalue weighted by Crippen LogP contribution is -2.16. The average Bonchev–Trinajstić information content (AvgIpc) is 2.49. The van der Waals surface area contributed by atoms with E-state index in [0.29, 0.717) is 0 Å². The van der Waals surface area contributed by atoms with Crippen LogP contribution >= 0.6 is 0 Å². The number of benzene rings is 2. The van der Waals surface area contributed by atoms with Crippen LogP contribution in [0.4, 0.5) is 0 Å². The molecule has 17 heavy (non-hydrogen) atoms. The first-order valence-corrected chi connectivity index (χ1v) is 6.34. The van der Waals surface area contributed by atoms with Gasteiger partial charge >= 0.3 is 0 Å². The molecule has 0 heterocycles. The molecule has 0 saturated carbocycles. The highest BCUT2D eigenvalue weighted by atomic mass is 35.5. The van der Waals surface area contributed by atoms with E-state index in [-0.39, 0.29) is 4.87 Å². The van der Waals surface area contributed by atoms with Crippen LogP contribution in [-0.2, 0) is 4.87 Å². The third-order valence-corrected chi connectivity index (χ3v) is 4.11. The van der Waals surface area contributed by atoms with E-state index in [0.717, 1.165) is 0 Å². The molecule has 0 unspecified atom stereocenters. The van der Waals surface area contributed by atoms with Crippen molar-refractivity contribution in [2.45, 2.75) is 25.6 Å². The molecule has 2 aromatic carbocycles. The minimum atomic E-state index is -0.275. The van der Waals surface area contributed by atoms with Crippen molar-refractivity contribution in [3.63, 3.8) is 0 Å². The molecule has 1 heteroatoms. The zero-order chi connectivity index (χ0) is 12.2. The summed E-state index contributed by atoms with van der Waals surface area (Å²) in [7, 11) is 0. The SMILES string of the molecule is Cc1ccc2c(c1)C(C)([ClH+])c1cc(C)ccc1-2. The lowest BCUT2D eigenvalue weighted by atomic mass is 9.96. The van der Waals surface area contributed by atoms with Crippen LogP contribution in [0, 0.1) is 25.4 Å². The van der Waals surface area contributed by atoms with Gasteiger partial charge in [-0.2, -0.15) is 0 Å². The van der Waals surface area contributed by atoms with Gasteiger partial charge in [0, 0.05) is 18.1 Å². The fourth-order valence-corrected chi connectivity index (χ4v) is 3.06. The van der Waals surface area contributed by atoms with Crippen molar-refractivity contribution < 1.29 is 11.6 Å². The predicted octanol–water partition coefficient (Wildman–Crippen LogP) is 3.83. The Bertz CT molecular complexity index is 555. The molecule has 1 aliphatic rings. The van der Waals surface area contributed by atoms with Crippen molar-refractivity contribution in [2.24, 2.45) is 0 Å². The molecule has 1 aliphatic carbocycles. The fourth-order valence-electron chi connectivity index (χ4n) is 2.72. The Labute approximate surface area is 107 Å². The van der Waals surface area contributed by atoms with Gasteiger partial charge in [-0.25, -0.2) is 0 Å². The number of alkyl halides is 1. The fraction of sp³-hybridized carbons (Fsp3) is 0.250. The molecule has 0 aliphatic heterocycles. The maximum Gasteiger partial charge on any atom is 0.237 e. The first-order chi connectivity index (χ1) is 8.00. The van der Waals surface area contributed by atoms with Gasteiger partial charge in [-0.1, -0.05) is 35.4 Å². The van der Waals surface area contributed by atoms with Gasteiger partial charge in [-0.3, -0.25) is 0 Å². The Morgan fingerprint density at radius 1 is 0.824 bits per heavy atom. The van der Waals surface area contributed by atoms with Gasteiger partial charge in [0.1, 0.15) is 11.6 Å². The molecule has 0 radical (unpaired) electrons. The monoisotopic (exact) mass is 243 g/mol. The van der Waals surface area contributed by atoms with E-state index in [2.05, 4.69) is 57.2 Å². The number of halogens is 1. The van der Waals surface area contributed by atoms with E-state index < -0.39 is 0 Å². The van der Waals surface area contributed by atoms with Gasteiger partial charge in [0.15, 0.2) is 0 Å². The third-order valence-electron chi connectivity index (χ3n) is 3.67. The van der Waals surface area contributed by atoms with E-state index in [1.54, 1.807) is 0 Å². The first-order valence-electron chi connectivity index (χ1n) is 5.93. The van der Waals surface area contributed by atoms with E-state index in [9.17, 15) is 0 Å². The van der Waals surface area contributed by atoms with Crippen LogP contribution in [-0.4, -0.2) is 0 Å². The van der Waals surface area contributed by atoms with Crippen molar-refractivity contribution in [2.75, 3.05) is 0 Å². The normalized spacial score (nSPS) is 15.5. The molecule has 0 amide bonds. The molecular formula is C16H16Cl+. The zero-order valence-corrected chi connectivity index (χ0v) is 11.2. The first kappa shape index (κ1) is 10.9. The molecule has 86 valence electrons. The number of fused-ring (bicyclic) bond motifs is 3. The minimum absolute atomic E-state index is 0.275. The molecule has 0 spiro atoms. The van der Waals surface area contributed by atoms with E-state index in [1.165, 1.54) is 33.4 Å². The Hall–Kier alpha value is -1.27. The largest absolute Gasteiger partial charge is 0.237 e. The lowest BCUT2D eigenvalue weighted by molar-refractivity contribution is -0.463. The second kappa shape index (κ2) is 3.36. The Balaban J connectivity index is 2.37. The summed E-state index contributed by atoms with van der Waals surface area (Å²) >= 11 is 5.84. The second-order valence-corrected chi connectivity index (χ2v) is 5.95. The number of aryl methyl sites for hydroxylation is 2. The summed E-state index contributed by atoms with van der Waals surface area (Å²) in [6.45, 7) is 6.39. The lowest BCUT2D eigenvalue weighted by Gasteiger charge is -2.11. The summed E-state index contributed by atoms with van der Waals surface area (Å²) in [6, 6.07) is 13.2. The van der Waals surface area contributed by atoms with Crippen LogP contribution < -0.4 is 0 Å². The van der Waals surface area contributed by atoms with E-state index >= 15 is 0 Å². The standard InChI is InChI=1S/C16H16Cl/c1-10-4-6-12-13-7-5-11(2)9-15(13)16(3,17)14(12)8-10/h4-9,17H,1-3H3/q+1. The number of hydrogen-bond donors (Lipinski definition) is 0. The molecule has 0 fully saturated rings. The summed E-state index contributed by atoms with van der Waals surface area (Å²) in [5.74, 6) is 0. The summed E-state index contributed by atoms with van der Waals surface area (Å²) in [4.78, 5) is -0.275. The van der Waals surface area contributed by atoms with Gasteiger partial charge in [0.05, 0.1) is 0 Å². The van der Waals surface area contributed by atoms with Gasteiger partial charge in [0.25, 0.3) is 0 Å². The quantitative estimate of drug-likeness (QED) is 0.617. The molecular weight excluding hydrogens is 228 g/mol. The highest BCUT2D eigenvalue weighted by Gasteiger charge is 2.44.